The van der Waals surface area contributed by atoms with Gasteiger partial charge in [-0.1, -0.05) is 12.1 Å². The number of aliphatic hydroxyl groups excluding tert-OH is 1. The van der Waals surface area contributed by atoms with Gasteiger partial charge in [0.2, 0.25) is 0 Å². The van der Waals surface area contributed by atoms with Crippen LogP contribution in [0.4, 0.5) is 0 Å². The number of pyridine rings is 1. The number of fused-ring (bicyclic) bond motifs is 1. The van der Waals surface area contributed by atoms with E-state index in [1.807, 2.05) is 12.1 Å². The molecule has 0 spiro atoms. The SMILES string of the molecule is COc1ccc(-c2nc3cc(C)ccc3cc2CN2CCN(C)C(CCO)C2)cc1. The molecular formula is C25H31N3O2. The number of hydrogen-bond donors (Lipinski definition) is 1. The highest BCUT2D eigenvalue weighted by Crippen LogP contribution is 2.29. The second kappa shape index (κ2) is 9.13. The van der Waals surface area contributed by atoms with Gasteiger partial charge in [0.05, 0.1) is 18.3 Å². The maximum Gasteiger partial charge on any atom is 0.118 e. The van der Waals surface area contributed by atoms with Crippen LogP contribution in [0.2, 0.25) is 0 Å². The molecule has 0 amide bonds. The lowest BCUT2D eigenvalue weighted by Gasteiger charge is -2.39. The molecule has 1 aromatic heterocycles. The number of aliphatic hydroxyl groups is 1. The molecule has 5 nitrogen and oxygen atoms in total. The smallest absolute Gasteiger partial charge is 0.118 e. The van der Waals surface area contributed by atoms with Crippen molar-refractivity contribution in [3.05, 3.63) is 59.7 Å². The van der Waals surface area contributed by atoms with Crippen LogP contribution in [0.15, 0.2) is 48.5 Å². The Labute approximate surface area is 178 Å². The van der Waals surface area contributed by atoms with Crippen molar-refractivity contribution in [3.8, 4) is 17.0 Å². The van der Waals surface area contributed by atoms with Gasteiger partial charge in [0, 0.05) is 49.8 Å². The number of rotatable bonds is 6. The number of aromatic nitrogens is 1. The van der Waals surface area contributed by atoms with Crippen molar-refractivity contribution in [2.24, 2.45) is 0 Å². The highest BCUT2D eigenvalue weighted by atomic mass is 16.5. The number of hydrogen-bond acceptors (Lipinski definition) is 5. The molecule has 1 fully saturated rings. The van der Waals surface area contributed by atoms with E-state index in [-0.39, 0.29) is 6.61 Å². The summed E-state index contributed by atoms with van der Waals surface area (Å²) in [6, 6.07) is 17.3. The summed E-state index contributed by atoms with van der Waals surface area (Å²) in [6.07, 6.45) is 0.813. The molecule has 0 radical (unpaired) electrons. The van der Waals surface area contributed by atoms with Gasteiger partial charge in [0.25, 0.3) is 0 Å². The van der Waals surface area contributed by atoms with Gasteiger partial charge in [-0.25, -0.2) is 4.98 Å². The Morgan fingerprint density at radius 3 is 2.63 bits per heavy atom. The summed E-state index contributed by atoms with van der Waals surface area (Å²) in [4.78, 5) is 9.93. The minimum Gasteiger partial charge on any atom is -0.497 e. The van der Waals surface area contributed by atoms with E-state index in [2.05, 4.69) is 60.2 Å². The first-order valence-corrected chi connectivity index (χ1v) is 10.7. The van der Waals surface area contributed by atoms with Crippen molar-refractivity contribution < 1.29 is 9.84 Å². The van der Waals surface area contributed by atoms with Crippen LogP contribution in [0.3, 0.4) is 0 Å². The van der Waals surface area contributed by atoms with Crippen molar-refractivity contribution in [1.82, 2.24) is 14.8 Å². The highest BCUT2D eigenvalue weighted by Gasteiger charge is 2.24. The molecule has 2 heterocycles. The molecule has 1 atom stereocenters. The molecule has 5 heteroatoms. The first-order chi connectivity index (χ1) is 14.6. The average molecular weight is 406 g/mol. The van der Waals surface area contributed by atoms with Gasteiger partial charge in [-0.3, -0.25) is 4.90 Å². The molecule has 1 aliphatic heterocycles. The normalized spacial score (nSPS) is 18.1. The number of benzene rings is 2. The summed E-state index contributed by atoms with van der Waals surface area (Å²) in [5.41, 5.74) is 5.63. The van der Waals surface area contributed by atoms with E-state index < -0.39 is 0 Å². The van der Waals surface area contributed by atoms with Crippen molar-refractivity contribution >= 4 is 10.9 Å². The number of aryl methyl sites for hydroxylation is 1. The van der Waals surface area contributed by atoms with E-state index in [1.54, 1.807) is 7.11 Å². The molecule has 1 saturated heterocycles. The maximum absolute atomic E-state index is 9.42. The molecule has 3 aromatic rings. The van der Waals surface area contributed by atoms with Crippen molar-refractivity contribution in [2.45, 2.75) is 25.9 Å². The maximum atomic E-state index is 9.42. The van der Waals surface area contributed by atoms with E-state index in [0.717, 1.165) is 55.1 Å². The topological polar surface area (TPSA) is 48.8 Å². The fourth-order valence-electron chi connectivity index (χ4n) is 4.30. The summed E-state index contributed by atoms with van der Waals surface area (Å²) < 4.78 is 5.33. The van der Waals surface area contributed by atoms with Gasteiger partial charge in [-0.05, 0) is 67.9 Å². The molecule has 0 saturated carbocycles. The van der Waals surface area contributed by atoms with E-state index in [9.17, 15) is 5.11 Å². The summed E-state index contributed by atoms with van der Waals surface area (Å²) in [6.45, 7) is 6.19. The van der Waals surface area contributed by atoms with Gasteiger partial charge < -0.3 is 14.7 Å². The lowest BCUT2D eigenvalue weighted by atomic mass is 10.0. The summed E-state index contributed by atoms with van der Waals surface area (Å²) >= 11 is 0. The van der Waals surface area contributed by atoms with E-state index >= 15 is 0 Å². The third kappa shape index (κ3) is 4.48. The minimum absolute atomic E-state index is 0.233. The van der Waals surface area contributed by atoms with Crippen LogP contribution in [0.1, 0.15) is 17.5 Å². The van der Waals surface area contributed by atoms with Gasteiger partial charge in [-0.2, -0.15) is 0 Å². The second-order valence-electron chi connectivity index (χ2n) is 8.30. The van der Waals surface area contributed by atoms with E-state index in [1.165, 1.54) is 16.5 Å². The molecule has 30 heavy (non-hydrogen) atoms. The van der Waals surface area contributed by atoms with Crippen molar-refractivity contribution in [1.29, 1.82) is 0 Å². The summed E-state index contributed by atoms with van der Waals surface area (Å²) in [5.74, 6) is 0.850. The molecule has 1 N–H and O–H groups in total. The van der Waals surface area contributed by atoms with Crippen molar-refractivity contribution in [2.75, 3.05) is 40.4 Å². The van der Waals surface area contributed by atoms with E-state index in [0.29, 0.717) is 6.04 Å². The molecule has 1 unspecified atom stereocenters. The largest absolute Gasteiger partial charge is 0.497 e. The standard InChI is InChI=1S/C25H31N3O2/c1-18-4-5-20-15-21(16-28-12-11-27(2)22(17-28)10-13-29)25(26-24(20)14-18)19-6-8-23(30-3)9-7-19/h4-9,14-15,22,29H,10-13,16-17H2,1-3H3. The zero-order valence-corrected chi connectivity index (χ0v) is 18.1. The van der Waals surface area contributed by atoms with Gasteiger partial charge in [-0.15, -0.1) is 0 Å². The predicted octanol–water partition coefficient (Wildman–Crippen LogP) is 3.72. The van der Waals surface area contributed by atoms with Gasteiger partial charge in [0.15, 0.2) is 0 Å². The lowest BCUT2D eigenvalue weighted by Crippen LogP contribution is -2.51. The Balaban J connectivity index is 1.70. The average Bonchev–Trinajstić information content (AvgIpc) is 2.76. The third-order valence-corrected chi connectivity index (χ3v) is 6.13. The quantitative estimate of drug-likeness (QED) is 0.677. The van der Waals surface area contributed by atoms with Gasteiger partial charge in [0.1, 0.15) is 5.75 Å². The number of methoxy groups -OCH3 is 1. The van der Waals surface area contributed by atoms with Crippen molar-refractivity contribution in [3.63, 3.8) is 0 Å². The van der Waals surface area contributed by atoms with Crippen LogP contribution in [-0.2, 0) is 6.54 Å². The number of ether oxygens (including phenoxy) is 1. The van der Waals surface area contributed by atoms with Crippen LogP contribution >= 0.6 is 0 Å². The Morgan fingerprint density at radius 2 is 1.90 bits per heavy atom. The Bertz CT molecular complexity index is 1000. The molecule has 4 rings (SSSR count). The number of likely N-dealkylation sites (N-methyl/N-ethyl adjacent to an activating group) is 1. The monoisotopic (exact) mass is 405 g/mol. The first-order valence-electron chi connectivity index (χ1n) is 10.7. The first kappa shape index (κ1) is 20.8. The summed E-state index contributed by atoms with van der Waals surface area (Å²) in [7, 11) is 3.84. The zero-order chi connectivity index (χ0) is 21.1. The van der Waals surface area contributed by atoms with Crippen LogP contribution in [0, 0.1) is 6.92 Å². The second-order valence-corrected chi connectivity index (χ2v) is 8.30. The van der Waals surface area contributed by atoms with E-state index in [4.69, 9.17) is 9.72 Å². The highest BCUT2D eigenvalue weighted by molar-refractivity contribution is 5.84. The summed E-state index contributed by atoms with van der Waals surface area (Å²) in [5, 5.41) is 10.6. The van der Waals surface area contributed by atoms with Crippen LogP contribution in [0.5, 0.6) is 5.75 Å². The molecule has 0 aliphatic carbocycles. The third-order valence-electron chi connectivity index (χ3n) is 6.13. The number of nitrogens with zero attached hydrogens (tertiary/aromatic N) is 3. The molecule has 1 aliphatic rings. The Morgan fingerprint density at radius 1 is 1.10 bits per heavy atom. The fraction of sp³-hybridized carbons (Fsp3) is 0.400. The fourth-order valence-corrected chi connectivity index (χ4v) is 4.30. The Kier molecular flexibility index (Phi) is 6.32. The minimum atomic E-state index is 0.233. The Hall–Kier alpha value is -2.47. The van der Waals surface area contributed by atoms with Gasteiger partial charge >= 0.3 is 0 Å². The van der Waals surface area contributed by atoms with Crippen LogP contribution in [0.25, 0.3) is 22.2 Å². The lowest BCUT2D eigenvalue weighted by molar-refractivity contribution is 0.0744. The predicted molar refractivity (Wildman–Crippen MR) is 122 cm³/mol. The number of piperazine rings is 1. The molecule has 158 valence electrons. The molecular weight excluding hydrogens is 374 g/mol. The van der Waals surface area contributed by atoms with Crippen LogP contribution in [-0.4, -0.2) is 66.3 Å². The molecule has 2 aromatic carbocycles. The zero-order valence-electron chi connectivity index (χ0n) is 18.1. The molecule has 0 bridgehead atoms. The van der Waals surface area contributed by atoms with Crippen LogP contribution < -0.4 is 4.74 Å².